The van der Waals surface area contributed by atoms with E-state index in [1.54, 1.807) is 60.7 Å². The molecule has 2 aliphatic heterocycles. The molecule has 2 saturated heterocycles. The van der Waals surface area contributed by atoms with Crippen molar-refractivity contribution in [1.29, 1.82) is 0 Å². The number of halogens is 3. The van der Waals surface area contributed by atoms with Crippen molar-refractivity contribution in [2.24, 2.45) is 0 Å². The van der Waals surface area contributed by atoms with E-state index in [1.807, 2.05) is 0 Å². The lowest BCUT2D eigenvalue weighted by atomic mass is 9.97. The number of hydrogen-bond acceptors (Lipinski definition) is 8. The summed E-state index contributed by atoms with van der Waals surface area (Å²) in [7, 11) is -4.73. The summed E-state index contributed by atoms with van der Waals surface area (Å²) in [5.74, 6) is 0. The first kappa shape index (κ1) is 25.0. The number of ether oxygens (including phenoxy) is 5. The second-order valence-corrected chi connectivity index (χ2v) is 9.24. The third kappa shape index (κ3) is 5.43. The molecule has 2 aromatic carbocycles. The molecule has 12 heteroatoms. The van der Waals surface area contributed by atoms with Crippen LogP contribution in [0.15, 0.2) is 60.7 Å². The number of alkyl halides is 3. The van der Waals surface area contributed by atoms with Crippen LogP contribution in [-0.2, 0) is 44.6 Å². The average Bonchev–Trinajstić information content (AvgIpc) is 2.83. The Morgan fingerprint density at radius 2 is 1.62 bits per heavy atom. The third-order valence-electron chi connectivity index (χ3n) is 5.39. The fraction of sp³-hybridized carbons (Fsp3) is 0.455. The van der Waals surface area contributed by atoms with Crippen LogP contribution in [0.2, 0.25) is 0 Å². The highest BCUT2D eigenvalue weighted by molar-refractivity contribution is 7.87. The number of hydrogen-bond donors (Lipinski definition) is 0. The zero-order valence-corrected chi connectivity index (χ0v) is 18.8. The zero-order chi connectivity index (χ0) is 24.3. The summed E-state index contributed by atoms with van der Waals surface area (Å²) in [6.07, 6.45) is -7.52. The fourth-order valence-corrected chi connectivity index (χ4v) is 4.39. The number of rotatable bonds is 7. The van der Waals surface area contributed by atoms with E-state index in [2.05, 4.69) is 0 Å². The summed E-state index contributed by atoms with van der Waals surface area (Å²) >= 11 is 0. The Kier molecular flexibility index (Phi) is 7.57. The summed E-state index contributed by atoms with van der Waals surface area (Å²) in [6, 6.07) is 17.5. The first-order valence-electron chi connectivity index (χ1n) is 10.3. The van der Waals surface area contributed by atoms with E-state index >= 15 is 0 Å². The molecule has 4 rings (SSSR count). The van der Waals surface area contributed by atoms with Crippen LogP contribution in [0.4, 0.5) is 13.2 Å². The molecular formula is C22H23F3O8S. The normalized spacial score (nSPS) is 30.0. The lowest BCUT2D eigenvalue weighted by Gasteiger charge is -2.48. The molecule has 0 unspecified atom stereocenters. The smallest absolute Gasteiger partial charge is 0.365 e. The van der Waals surface area contributed by atoms with Gasteiger partial charge in [0.2, 0.25) is 0 Å². The zero-order valence-electron chi connectivity index (χ0n) is 18.0. The van der Waals surface area contributed by atoms with Gasteiger partial charge in [-0.15, -0.1) is 0 Å². The Bertz CT molecular complexity index is 1030. The average molecular weight is 504 g/mol. The molecule has 2 fully saturated rings. The summed E-state index contributed by atoms with van der Waals surface area (Å²) in [4.78, 5) is 0. The molecule has 0 aromatic heterocycles. The fourth-order valence-electron chi connectivity index (χ4n) is 3.77. The highest BCUT2D eigenvalue weighted by Gasteiger charge is 2.57. The SMILES string of the molecule is CO[C@H]1O[C@@H]2CO[C@@H](c3ccccc3)O[C@H]2[C@H](OS(=O)(=O)C(F)(F)F)[C@@H]1OCc1ccccc1. The van der Waals surface area contributed by atoms with Crippen LogP contribution in [0.3, 0.4) is 0 Å². The van der Waals surface area contributed by atoms with E-state index in [9.17, 15) is 21.6 Å². The number of fused-ring (bicyclic) bond motifs is 1. The third-order valence-corrected chi connectivity index (χ3v) is 6.44. The van der Waals surface area contributed by atoms with Crippen molar-refractivity contribution < 1.29 is 49.5 Å². The van der Waals surface area contributed by atoms with Gasteiger partial charge in [-0.25, -0.2) is 0 Å². The minimum absolute atomic E-state index is 0.0589. The van der Waals surface area contributed by atoms with Crippen LogP contribution in [0.5, 0.6) is 0 Å². The highest BCUT2D eigenvalue weighted by Crippen LogP contribution is 2.39. The Hall–Kier alpha value is -2.06. The van der Waals surface area contributed by atoms with Crippen LogP contribution < -0.4 is 0 Å². The summed E-state index contributed by atoms with van der Waals surface area (Å²) in [6.45, 7) is -0.155. The summed E-state index contributed by atoms with van der Waals surface area (Å²) < 4.78 is 96.8. The minimum atomic E-state index is -5.99. The van der Waals surface area contributed by atoms with Crippen LogP contribution in [0, 0.1) is 0 Å². The van der Waals surface area contributed by atoms with Crippen LogP contribution >= 0.6 is 0 Å². The Balaban J connectivity index is 1.64. The van der Waals surface area contributed by atoms with Gasteiger partial charge in [-0.2, -0.15) is 21.6 Å². The van der Waals surface area contributed by atoms with Crippen LogP contribution in [0.25, 0.3) is 0 Å². The van der Waals surface area contributed by atoms with Crippen molar-refractivity contribution in [2.75, 3.05) is 13.7 Å². The van der Waals surface area contributed by atoms with Gasteiger partial charge in [-0.1, -0.05) is 60.7 Å². The van der Waals surface area contributed by atoms with Crippen molar-refractivity contribution in [3.05, 3.63) is 71.8 Å². The van der Waals surface area contributed by atoms with Gasteiger partial charge in [0.1, 0.15) is 24.4 Å². The molecule has 0 radical (unpaired) electrons. The number of methoxy groups -OCH3 is 1. The molecule has 0 N–H and O–H groups in total. The van der Waals surface area contributed by atoms with Gasteiger partial charge < -0.3 is 23.7 Å². The molecule has 2 aliphatic rings. The first-order valence-corrected chi connectivity index (χ1v) is 11.8. The second kappa shape index (κ2) is 10.3. The lowest BCUT2D eigenvalue weighted by molar-refractivity contribution is -0.360. The Morgan fingerprint density at radius 1 is 0.971 bits per heavy atom. The molecule has 8 nitrogen and oxygen atoms in total. The van der Waals surface area contributed by atoms with Crippen molar-refractivity contribution in [2.45, 2.75) is 49.1 Å². The molecule has 34 heavy (non-hydrogen) atoms. The molecule has 2 aromatic rings. The van der Waals surface area contributed by atoms with Gasteiger partial charge in [0, 0.05) is 12.7 Å². The predicted octanol–water partition coefficient (Wildman–Crippen LogP) is 3.29. The monoisotopic (exact) mass is 504 g/mol. The maximum atomic E-state index is 13.2. The summed E-state index contributed by atoms with van der Waals surface area (Å²) in [5.41, 5.74) is -4.35. The summed E-state index contributed by atoms with van der Waals surface area (Å²) in [5, 5.41) is 0. The van der Waals surface area contributed by atoms with Crippen molar-refractivity contribution in [1.82, 2.24) is 0 Å². The molecule has 2 heterocycles. The van der Waals surface area contributed by atoms with E-state index < -0.39 is 52.6 Å². The van der Waals surface area contributed by atoms with Gasteiger partial charge in [-0.3, -0.25) is 4.18 Å². The van der Waals surface area contributed by atoms with Crippen LogP contribution in [0.1, 0.15) is 17.4 Å². The van der Waals surface area contributed by atoms with Gasteiger partial charge >= 0.3 is 15.6 Å². The molecule has 186 valence electrons. The second-order valence-electron chi connectivity index (χ2n) is 7.68. The first-order chi connectivity index (χ1) is 16.2. The highest BCUT2D eigenvalue weighted by atomic mass is 32.2. The molecule has 0 spiro atoms. The molecule has 0 aliphatic carbocycles. The topological polar surface area (TPSA) is 89.5 Å². The van der Waals surface area contributed by atoms with Gasteiger partial charge in [0.25, 0.3) is 0 Å². The van der Waals surface area contributed by atoms with E-state index in [0.717, 1.165) is 0 Å². The number of benzene rings is 2. The largest absolute Gasteiger partial charge is 0.523 e. The molecular weight excluding hydrogens is 481 g/mol. The van der Waals surface area contributed by atoms with Gasteiger partial charge in [0.05, 0.1) is 13.2 Å². The molecule has 0 bridgehead atoms. The van der Waals surface area contributed by atoms with E-state index in [0.29, 0.717) is 11.1 Å². The maximum Gasteiger partial charge on any atom is 0.523 e. The van der Waals surface area contributed by atoms with Crippen molar-refractivity contribution in [3.8, 4) is 0 Å². The molecule has 0 amide bonds. The molecule has 0 saturated carbocycles. The van der Waals surface area contributed by atoms with E-state index in [1.165, 1.54) is 7.11 Å². The van der Waals surface area contributed by atoms with Crippen LogP contribution in [-0.4, -0.2) is 58.3 Å². The van der Waals surface area contributed by atoms with Gasteiger partial charge in [-0.05, 0) is 5.56 Å². The molecule has 6 atom stereocenters. The predicted molar refractivity (Wildman–Crippen MR) is 111 cm³/mol. The minimum Gasteiger partial charge on any atom is -0.365 e. The van der Waals surface area contributed by atoms with E-state index in [-0.39, 0.29) is 13.2 Å². The Labute approximate surface area is 194 Å². The standard InChI is InChI=1S/C22H23F3O8S/c1-28-21-19(29-12-14-8-4-2-5-9-14)18(33-34(26,27)22(23,24)25)17-16(31-21)13-30-20(32-17)15-10-6-3-7-11-15/h2-11,16-21H,12-13H2,1H3/t16-,17-,18+,19+,20-,21+/m1/s1. The maximum absolute atomic E-state index is 13.2. The van der Waals surface area contributed by atoms with Gasteiger partial charge in [0.15, 0.2) is 12.6 Å². The van der Waals surface area contributed by atoms with E-state index in [4.69, 9.17) is 27.9 Å². The van der Waals surface area contributed by atoms with Crippen molar-refractivity contribution in [3.63, 3.8) is 0 Å². The Morgan fingerprint density at radius 3 is 2.24 bits per heavy atom. The quantitative estimate of drug-likeness (QED) is 0.419. The lowest BCUT2D eigenvalue weighted by Crippen LogP contribution is -2.64. The van der Waals surface area contributed by atoms with Crippen molar-refractivity contribution >= 4 is 10.1 Å².